The van der Waals surface area contributed by atoms with Gasteiger partial charge in [-0.3, -0.25) is 14.5 Å². The Balaban J connectivity index is 2.48. The van der Waals surface area contributed by atoms with Crippen LogP contribution in [0.3, 0.4) is 0 Å². The maximum absolute atomic E-state index is 12.2. The molecule has 1 aromatic carbocycles. The molecule has 1 aromatic rings. The summed E-state index contributed by atoms with van der Waals surface area (Å²) in [5.41, 5.74) is 0.365. The van der Waals surface area contributed by atoms with Crippen molar-refractivity contribution in [1.29, 1.82) is 0 Å². The smallest absolute Gasteiger partial charge is 0.253 e. The highest BCUT2D eigenvalue weighted by Gasteiger charge is 2.18. The number of carbonyl (C=O) groups excluding carboxylic acids is 2. The van der Waals surface area contributed by atoms with Gasteiger partial charge < -0.3 is 10.6 Å². The second-order valence-electron chi connectivity index (χ2n) is 6.39. The predicted molar refractivity (Wildman–Crippen MR) is 98.4 cm³/mol. The van der Waals surface area contributed by atoms with Gasteiger partial charge in [-0.25, -0.2) is 0 Å². The Kier molecular flexibility index (Phi) is 8.22. The largest absolute Gasteiger partial charge is 0.353 e. The zero-order chi connectivity index (χ0) is 18.3. The van der Waals surface area contributed by atoms with Gasteiger partial charge in [0.25, 0.3) is 5.91 Å². The first kappa shape index (κ1) is 20.5. The highest BCUT2D eigenvalue weighted by molar-refractivity contribution is 6.33. The van der Waals surface area contributed by atoms with Gasteiger partial charge in [0.1, 0.15) is 6.04 Å². The number of nitrogens with zero attached hydrogens (tertiary/aromatic N) is 1. The number of benzene rings is 1. The Labute approximate surface area is 149 Å². The van der Waals surface area contributed by atoms with Crippen molar-refractivity contribution in [2.45, 2.75) is 52.7 Å². The molecule has 5 nitrogen and oxygen atoms in total. The summed E-state index contributed by atoms with van der Waals surface area (Å²) in [4.78, 5) is 26.6. The number of amides is 2. The number of halogens is 1. The van der Waals surface area contributed by atoms with Crippen LogP contribution in [-0.2, 0) is 4.79 Å². The third-order valence-electron chi connectivity index (χ3n) is 3.86. The van der Waals surface area contributed by atoms with Crippen molar-refractivity contribution in [1.82, 2.24) is 15.5 Å². The van der Waals surface area contributed by atoms with Crippen LogP contribution in [0.4, 0.5) is 0 Å². The monoisotopic (exact) mass is 353 g/mol. The van der Waals surface area contributed by atoms with E-state index in [1.165, 1.54) is 0 Å². The van der Waals surface area contributed by atoms with Crippen LogP contribution in [0, 0.1) is 0 Å². The number of hydrogen-bond donors (Lipinski definition) is 2. The maximum Gasteiger partial charge on any atom is 0.253 e. The van der Waals surface area contributed by atoms with E-state index in [9.17, 15) is 9.59 Å². The van der Waals surface area contributed by atoms with Crippen LogP contribution in [0.2, 0.25) is 5.02 Å². The molecular formula is C18H28ClN3O2. The third kappa shape index (κ3) is 6.13. The molecule has 0 aliphatic heterocycles. The molecule has 0 saturated heterocycles. The fourth-order valence-corrected chi connectivity index (χ4v) is 2.78. The van der Waals surface area contributed by atoms with Crippen LogP contribution >= 0.6 is 11.6 Å². The second-order valence-corrected chi connectivity index (χ2v) is 6.80. The quantitative estimate of drug-likeness (QED) is 0.755. The van der Waals surface area contributed by atoms with Crippen molar-refractivity contribution in [3.05, 3.63) is 34.9 Å². The summed E-state index contributed by atoms with van der Waals surface area (Å²) in [6, 6.07) is 6.97. The molecule has 1 unspecified atom stereocenters. The lowest BCUT2D eigenvalue weighted by Gasteiger charge is -2.30. The molecule has 24 heavy (non-hydrogen) atoms. The zero-order valence-electron chi connectivity index (χ0n) is 15.1. The van der Waals surface area contributed by atoms with Gasteiger partial charge in [-0.2, -0.15) is 0 Å². The third-order valence-corrected chi connectivity index (χ3v) is 4.18. The fraction of sp³-hybridized carbons (Fsp3) is 0.556. The molecule has 0 fully saturated rings. The Morgan fingerprint density at radius 3 is 2.21 bits per heavy atom. The first-order valence-electron chi connectivity index (χ1n) is 8.32. The first-order valence-corrected chi connectivity index (χ1v) is 8.70. The molecule has 2 amide bonds. The molecule has 0 aromatic heterocycles. The van der Waals surface area contributed by atoms with Crippen LogP contribution < -0.4 is 10.6 Å². The molecule has 0 spiro atoms. The molecule has 0 aliphatic carbocycles. The van der Waals surface area contributed by atoms with Gasteiger partial charge in [-0.1, -0.05) is 23.7 Å². The molecule has 6 heteroatoms. The Morgan fingerprint density at radius 2 is 1.67 bits per heavy atom. The average molecular weight is 354 g/mol. The lowest BCUT2D eigenvalue weighted by molar-refractivity contribution is -0.122. The van der Waals surface area contributed by atoms with Crippen molar-refractivity contribution in [2.24, 2.45) is 0 Å². The summed E-state index contributed by atoms with van der Waals surface area (Å²) < 4.78 is 0. The first-order chi connectivity index (χ1) is 11.2. The average Bonchev–Trinajstić information content (AvgIpc) is 2.50. The lowest BCUT2D eigenvalue weighted by Crippen LogP contribution is -2.48. The molecule has 134 valence electrons. The Hall–Kier alpha value is -1.59. The number of carbonyl (C=O) groups is 2. The molecule has 2 N–H and O–H groups in total. The molecule has 0 bridgehead atoms. The van der Waals surface area contributed by atoms with Gasteiger partial charge in [-0.15, -0.1) is 0 Å². The molecule has 0 saturated carbocycles. The van der Waals surface area contributed by atoms with E-state index >= 15 is 0 Å². The van der Waals surface area contributed by atoms with Crippen LogP contribution in [-0.4, -0.2) is 47.9 Å². The van der Waals surface area contributed by atoms with E-state index in [4.69, 9.17) is 11.6 Å². The van der Waals surface area contributed by atoms with Gasteiger partial charge in [0, 0.05) is 25.2 Å². The molecule has 1 atom stereocenters. The second kappa shape index (κ2) is 9.64. The molecule has 1 rings (SSSR count). The Bertz CT molecular complexity index is 553. The summed E-state index contributed by atoms with van der Waals surface area (Å²) in [6.45, 7) is 11.5. The van der Waals surface area contributed by atoms with Crippen LogP contribution in [0.15, 0.2) is 24.3 Å². The SMILES string of the molecule is CC(NC(=O)c1ccccc1Cl)C(=O)NCCN(C(C)C)C(C)C. The maximum atomic E-state index is 12.2. The zero-order valence-corrected chi connectivity index (χ0v) is 15.9. The topological polar surface area (TPSA) is 61.4 Å². The minimum absolute atomic E-state index is 0.206. The molecular weight excluding hydrogens is 326 g/mol. The van der Waals surface area contributed by atoms with E-state index in [0.717, 1.165) is 6.54 Å². The van der Waals surface area contributed by atoms with E-state index in [1.54, 1.807) is 31.2 Å². The van der Waals surface area contributed by atoms with Crippen molar-refractivity contribution in [2.75, 3.05) is 13.1 Å². The fourth-order valence-electron chi connectivity index (χ4n) is 2.56. The van der Waals surface area contributed by atoms with Crippen molar-refractivity contribution in [3.8, 4) is 0 Å². The lowest BCUT2D eigenvalue weighted by atomic mass is 10.2. The molecule has 0 heterocycles. The van der Waals surface area contributed by atoms with Gasteiger partial charge in [0.2, 0.25) is 5.91 Å². The summed E-state index contributed by atoms with van der Waals surface area (Å²) in [7, 11) is 0. The van der Waals surface area contributed by atoms with Crippen LogP contribution in [0.1, 0.15) is 45.0 Å². The predicted octanol–water partition coefficient (Wildman–Crippen LogP) is 2.69. The van der Waals surface area contributed by atoms with E-state index in [-0.39, 0.29) is 11.8 Å². The highest BCUT2D eigenvalue weighted by Crippen LogP contribution is 2.14. The number of rotatable bonds is 8. The minimum Gasteiger partial charge on any atom is -0.353 e. The normalized spacial score (nSPS) is 12.5. The molecule has 0 aliphatic rings. The van der Waals surface area contributed by atoms with Crippen molar-refractivity contribution < 1.29 is 9.59 Å². The van der Waals surface area contributed by atoms with E-state index < -0.39 is 6.04 Å². The summed E-state index contributed by atoms with van der Waals surface area (Å²) in [5.74, 6) is -0.558. The summed E-state index contributed by atoms with van der Waals surface area (Å²) in [6.07, 6.45) is 0. The highest BCUT2D eigenvalue weighted by atomic mass is 35.5. The van der Waals surface area contributed by atoms with Crippen molar-refractivity contribution >= 4 is 23.4 Å². The van der Waals surface area contributed by atoms with Crippen LogP contribution in [0.5, 0.6) is 0 Å². The van der Waals surface area contributed by atoms with Gasteiger partial charge in [0.15, 0.2) is 0 Å². The number of nitrogens with one attached hydrogen (secondary N) is 2. The van der Waals surface area contributed by atoms with Gasteiger partial charge in [-0.05, 0) is 46.8 Å². The molecule has 0 radical (unpaired) electrons. The summed E-state index contributed by atoms with van der Waals surface area (Å²) >= 11 is 5.99. The van der Waals surface area contributed by atoms with Crippen LogP contribution in [0.25, 0.3) is 0 Å². The standard InChI is InChI=1S/C18H28ClN3O2/c1-12(2)22(13(3)4)11-10-20-17(23)14(5)21-18(24)15-8-6-7-9-16(15)19/h6-9,12-14H,10-11H2,1-5H3,(H,20,23)(H,21,24). The van der Waals surface area contributed by atoms with Gasteiger partial charge >= 0.3 is 0 Å². The van der Waals surface area contributed by atoms with Gasteiger partial charge in [0.05, 0.1) is 10.6 Å². The minimum atomic E-state index is -0.625. The summed E-state index contributed by atoms with van der Waals surface area (Å²) in [5, 5.41) is 5.90. The van der Waals surface area contributed by atoms with E-state index in [2.05, 4.69) is 43.2 Å². The Morgan fingerprint density at radius 1 is 1.08 bits per heavy atom. The van der Waals surface area contributed by atoms with E-state index in [0.29, 0.717) is 29.2 Å². The van der Waals surface area contributed by atoms with E-state index in [1.807, 2.05) is 0 Å². The van der Waals surface area contributed by atoms with Crippen molar-refractivity contribution in [3.63, 3.8) is 0 Å². The number of hydrogen-bond acceptors (Lipinski definition) is 3.